The van der Waals surface area contributed by atoms with Gasteiger partial charge in [-0.2, -0.15) is 0 Å². The maximum absolute atomic E-state index is 9.76. The molecule has 3 heteroatoms. The van der Waals surface area contributed by atoms with Crippen LogP contribution in [0.4, 0.5) is 0 Å². The maximum Gasteiger partial charge on any atom is 0.0778 e. The molecule has 1 atom stereocenters. The van der Waals surface area contributed by atoms with Crippen molar-refractivity contribution in [3.63, 3.8) is 0 Å². The molecular weight excluding hydrogens is 361 g/mol. The van der Waals surface area contributed by atoms with Gasteiger partial charge in [0.2, 0.25) is 0 Å². The summed E-state index contributed by atoms with van der Waals surface area (Å²) in [5, 5.41) is 13.7. The van der Waals surface area contributed by atoms with Crippen LogP contribution in [0.15, 0.2) is 89.9 Å². The van der Waals surface area contributed by atoms with Gasteiger partial charge in [-0.05, 0) is 29.3 Å². The summed E-state index contributed by atoms with van der Waals surface area (Å²) in [6.45, 7) is 6.38. The van der Waals surface area contributed by atoms with Gasteiger partial charge in [-0.3, -0.25) is 4.99 Å². The topological polar surface area (TPSA) is 32.6 Å². The van der Waals surface area contributed by atoms with E-state index in [-0.39, 0.29) is 18.1 Å². The van der Waals surface area contributed by atoms with Gasteiger partial charge in [-0.1, -0.05) is 106 Å². The molecule has 0 spiro atoms. The Hall–Kier alpha value is -2.28. The van der Waals surface area contributed by atoms with E-state index in [1.165, 1.54) is 15.9 Å². The van der Waals surface area contributed by atoms with Gasteiger partial charge >= 0.3 is 0 Å². The fraction of sp³-hybridized carbons (Fsp3) is 0.240. The summed E-state index contributed by atoms with van der Waals surface area (Å²) in [7, 11) is -0.684. The van der Waals surface area contributed by atoms with Crippen molar-refractivity contribution in [2.24, 2.45) is 10.4 Å². The molecule has 2 nitrogen and oxygen atoms in total. The molecule has 3 rings (SSSR count). The van der Waals surface area contributed by atoms with E-state index < -0.39 is 7.92 Å². The van der Waals surface area contributed by atoms with Crippen molar-refractivity contribution in [1.82, 2.24) is 0 Å². The first-order chi connectivity index (χ1) is 13.5. The van der Waals surface area contributed by atoms with Gasteiger partial charge in [0.15, 0.2) is 0 Å². The molecule has 0 amide bonds. The predicted molar refractivity (Wildman–Crippen MR) is 123 cm³/mol. The second-order valence-electron chi connectivity index (χ2n) is 7.91. The predicted octanol–water partition coefficient (Wildman–Crippen LogP) is 4.27. The lowest BCUT2D eigenvalue weighted by atomic mass is 9.88. The highest BCUT2D eigenvalue weighted by Crippen LogP contribution is 2.33. The number of hydrogen-bond donors (Lipinski definition) is 1. The highest BCUT2D eigenvalue weighted by molar-refractivity contribution is 7.80. The molecule has 1 N–H and O–H groups in total. The first-order valence-corrected chi connectivity index (χ1v) is 11.0. The molecule has 0 unspecified atom stereocenters. The van der Waals surface area contributed by atoms with Crippen LogP contribution in [0.5, 0.6) is 0 Å². The van der Waals surface area contributed by atoms with Gasteiger partial charge in [0.05, 0.1) is 12.6 Å². The number of aliphatic hydroxyl groups excluding tert-OH is 1. The summed E-state index contributed by atoms with van der Waals surface area (Å²) in [5.41, 5.74) is 1.04. The summed E-state index contributed by atoms with van der Waals surface area (Å²) in [6, 6.07) is 29.7. The van der Waals surface area contributed by atoms with Crippen molar-refractivity contribution in [2.75, 3.05) is 6.61 Å². The smallest absolute Gasteiger partial charge is 0.0778 e. The molecule has 0 heterocycles. The molecule has 0 saturated carbocycles. The Kier molecular flexibility index (Phi) is 6.78. The first-order valence-electron chi connectivity index (χ1n) is 9.64. The van der Waals surface area contributed by atoms with Crippen LogP contribution in [-0.4, -0.2) is 24.0 Å². The van der Waals surface area contributed by atoms with Crippen LogP contribution in [-0.2, 0) is 0 Å². The van der Waals surface area contributed by atoms with E-state index in [1.54, 1.807) is 0 Å². The van der Waals surface area contributed by atoms with Crippen molar-refractivity contribution in [2.45, 2.75) is 26.8 Å². The van der Waals surface area contributed by atoms with E-state index in [0.29, 0.717) is 0 Å². The van der Waals surface area contributed by atoms with Crippen LogP contribution in [0.2, 0.25) is 0 Å². The fourth-order valence-corrected chi connectivity index (χ4v) is 5.52. The number of hydrogen-bond acceptors (Lipinski definition) is 2. The molecule has 144 valence electrons. The van der Waals surface area contributed by atoms with Crippen LogP contribution in [0.25, 0.3) is 0 Å². The zero-order chi connectivity index (χ0) is 20.0. The largest absolute Gasteiger partial charge is 0.394 e. The summed E-state index contributed by atoms with van der Waals surface area (Å²) >= 11 is 0. The van der Waals surface area contributed by atoms with E-state index in [2.05, 4.69) is 106 Å². The average molecular weight is 389 g/mol. The van der Waals surface area contributed by atoms with Crippen LogP contribution in [0, 0.1) is 5.41 Å². The van der Waals surface area contributed by atoms with Gasteiger partial charge in [-0.25, -0.2) is 0 Å². The van der Waals surface area contributed by atoms with E-state index in [9.17, 15) is 5.11 Å². The Morgan fingerprint density at radius 2 is 1.32 bits per heavy atom. The third-order valence-electron chi connectivity index (χ3n) is 4.77. The Labute approximate surface area is 169 Å². The first kappa shape index (κ1) is 20.5. The summed E-state index contributed by atoms with van der Waals surface area (Å²) in [4.78, 5) is 4.75. The van der Waals surface area contributed by atoms with E-state index in [4.69, 9.17) is 4.99 Å². The van der Waals surface area contributed by atoms with Gasteiger partial charge in [-0.15, -0.1) is 0 Å². The Morgan fingerprint density at radius 1 is 0.821 bits per heavy atom. The highest BCUT2D eigenvalue weighted by atomic mass is 31.1. The van der Waals surface area contributed by atoms with Crippen molar-refractivity contribution in [3.05, 3.63) is 90.5 Å². The van der Waals surface area contributed by atoms with Gasteiger partial charge in [0.1, 0.15) is 0 Å². The minimum absolute atomic E-state index is 0.0499. The Morgan fingerprint density at radius 3 is 1.82 bits per heavy atom. The Balaban J connectivity index is 2.08. The lowest BCUT2D eigenvalue weighted by Crippen LogP contribution is -2.28. The summed E-state index contributed by atoms with van der Waals surface area (Å²) in [5.74, 6) is 0. The molecule has 3 aromatic carbocycles. The molecule has 0 radical (unpaired) electrons. The Bertz CT molecular complexity index is 861. The third-order valence-corrected chi connectivity index (χ3v) is 7.29. The lowest BCUT2D eigenvalue weighted by Gasteiger charge is -2.25. The minimum Gasteiger partial charge on any atom is -0.394 e. The van der Waals surface area contributed by atoms with Crippen molar-refractivity contribution in [3.8, 4) is 0 Å². The normalized spacial score (nSPS) is 13.2. The molecule has 0 aliphatic carbocycles. The van der Waals surface area contributed by atoms with Crippen LogP contribution >= 0.6 is 7.92 Å². The average Bonchev–Trinajstić information content (AvgIpc) is 2.70. The number of benzene rings is 3. The fourth-order valence-electron chi connectivity index (χ4n) is 3.10. The third kappa shape index (κ3) is 4.95. The standard InChI is InChI=1S/C25H28NOP/c1-25(2,3)24(19-27)26-18-20-12-10-11-17-23(20)28(21-13-6-4-7-14-21)22-15-8-5-9-16-22/h4-18,24,27H,19H2,1-3H3/t24-/m1/s1. The van der Waals surface area contributed by atoms with Gasteiger partial charge < -0.3 is 5.11 Å². The monoisotopic (exact) mass is 389 g/mol. The lowest BCUT2D eigenvalue weighted by molar-refractivity contribution is 0.191. The number of aliphatic imine (C=N–C) groups is 1. The second-order valence-corrected chi connectivity index (χ2v) is 10.1. The summed E-state index contributed by atoms with van der Waals surface area (Å²) in [6.07, 6.45) is 1.95. The van der Waals surface area contributed by atoms with Crippen molar-refractivity contribution >= 4 is 30.0 Å². The van der Waals surface area contributed by atoms with Crippen LogP contribution < -0.4 is 15.9 Å². The highest BCUT2D eigenvalue weighted by Gasteiger charge is 2.23. The minimum atomic E-state index is -0.684. The number of aliphatic hydroxyl groups is 1. The molecular formula is C25H28NOP. The maximum atomic E-state index is 9.76. The quantitative estimate of drug-likeness (QED) is 0.496. The molecule has 0 bridgehead atoms. The second kappa shape index (κ2) is 9.28. The molecule has 28 heavy (non-hydrogen) atoms. The molecule has 0 saturated heterocycles. The van der Waals surface area contributed by atoms with Gasteiger partial charge in [0, 0.05) is 11.8 Å². The summed E-state index contributed by atoms with van der Waals surface area (Å²) < 4.78 is 0. The molecule has 0 aliphatic rings. The van der Waals surface area contributed by atoms with Crippen molar-refractivity contribution < 1.29 is 5.11 Å². The van der Waals surface area contributed by atoms with E-state index >= 15 is 0 Å². The molecule has 0 aliphatic heterocycles. The van der Waals surface area contributed by atoms with E-state index in [0.717, 1.165) is 5.56 Å². The SMILES string of the molecule is CC(C)(C)[C@@H](CO)N=Cc1ccccc1P(c1ccccc1)c1ccccc1. The molecule has 0 aromatic heterocycles. The zero-order valence-corrected chi connectivity index (χ0v) is 17.7. The van der Waals surface area contributed by atoms with Gasteiger partial charge in [0.25, 0.3) is 0 Å². The number of nitrogens with zero attached hydrogens (tertiary/aromatic N) is 1. The van der Waals surface area contributed by atoms with Crippen LogP contribution in [0.1, 0.15) is 26.3 Å². The molecule has 0 fully saturated rings. The van der Waals surface area contributed by atoms with Crippen LogP contribution in [0.3, 0.4) is 0 Å². The molecule has 3 aromatic rings. The van der Waals surface area contributed by atoms with Crippen molar-refractivity contribution in [1.29, 1.82) is 0 Å². The number of rotatable bonds is 6. The van der Waals surface area contributed by atoms with E-state index in [1.807, 2.05) is 6.21 Å². The zero-order valence-electron chi connectivity index (χ0n) is 16.8.